The van der Waals surface area contributed by atoms with E-state index in [0.717, 1.165) is 34.0 Å². The molecule has 0 aromatic heterocycles. The highest BCUT2D eigenvalue weighted by atomic mass is 79.9. The molecule has 2 aromatic carbocycles. The van der Waals surface area contributed by atoms with Gasteiger partial charge < -0.3 is 21.5 Å². The van der Waals surface area contributed by atoms with Gasteiger partial charge in [-0.2, -0.15) is 0 Å². The van der Waals surface area contributed by atoms with Crippen molar-refractivity contribution in [3.05, 3.63) is 76.4 Å². The number of allylic oxidation sites excluding steroid dienone is 1. The number of halogens is 3. The van der Waals surface area contributed by atoms with Crippen molar-refractivity contribution in [2.24, 2.45) is 5.92 Å². The number of fused-ring (bicyclic) bond motifs is 2. The van der Waals surface area contributed by atoms with Crippen LogP contribution in [0.25, 0.3) is 5.57 Å². The molecule has 0 amide bonds. The van der Waals surface area contributed by atoms with Crippen LogP contribution in [0.1, 0.15) is 47.9 Å². The molecule has 2 aliphatic rings. The van der Waals surface area contributed by atoms with E-state index < -0.39 is 0 Å². The van der Waals surface area contributed by atoms with Gasteiger partial charge in [-0.05, 0) is 59.7 Å². The van der Waals surface area contributed by atoms with Gasteiger partial charge in [-0.15, -0.1) is 0 Å². The Kier molecular flexibility index (Phi) is 6.35. The Bertz CT molecular complexity index is 865. The average Bonchev–Trinajstić information content (AvgIpc) is 2.83. The van der Waals surface area contributed by atoms with Gasteiger partial charge >= 0.3 is 0 Å². The van der Waals surface area contributed by atoms with Crippen LogP contribution in [0.15, 0.2) is 42.5 Å². The van der Waals surface area contributed by atoms with Crippen LogP contribution in [0.4, 0.5) is 8.78 Å². The first kappa shape index (κ1) is 22.2. The maximum atomic E-state index is 14.3. The molecule has 4 rings (SSSR count). The minimum Gasteiger partial charge on any atom is -1.00 e. The molecule has 1 nitrogen and oxygen atoms in total. The first-order valence-electron chi connectivity index (χ1n) is 10.3. The molecule has 2 aliphatic heterocycles. The number of hydrogen-bond donors (Lipinski definition) is 0. The van der Waals surface area contributed by atoms with Crippen LogP contribution in [-0.4, -0.2) is 30.7 Å². The molecule has 0 saturated carbocycles. The average molecular weight is 462 g/mol. The third-order valence-corrected chi connectivity index (χ3v) is 7.38. The van der Waals surface area contributed by atoms with Gasteiger partial charge in [-0.3, -0.25) is 0 Å². The quantitative estimate of drug-likeness (QED) is 0.616. The van der Waals surface area contributed by atoms with Gasteiger partial charge in [0.15, 0.2) is 0 Å². The van der Waals surface area contributed by atoms with Crippen molar-refractivity contribution in [2.75, 3.05) is 14.1 Å². The summed E-state index contributed by atoms with van der Waals surface area (Å²) in [5.74, 6) is 0.0296. The Balaban J connectivity index is 0.00000240. The highest BCUT2D eigenvalue weighted by Crippen LogP contribution is 2.44. The summed E-state index contributed by atoms with van der Waals surface area (Å²) in [6.07, 6.45) is 7.18. The topological polar surface area (TPSA) is 0 Å². The zero-order valence-electron chi connectivity index (χ0n) is 17.7. The zero-order valence-corrected chi connectivity index (χ0v) is 19.3. The molecule has 2 bridgehead atoms. The lowest BCUT2D eigenvalue weighted by Crippen LogP contribution is -3.00. The van der Waals surface area contributed by atoms with E-state index in [1.807, 2.05) is 26.0 Å². The Morgan fingerprint density at radius 1 is 0.862 bits per heavy atom. The van der Waals surface area contributed by atoms with Gasteiger partial charge in [0.25, 0.3) is 0 Å². The van der Waals surface area contributed by atoms with Crippen LogP contribution in [0, 0.1) is 31.4 Å². The standard InChI is InChI=1S/C25H30F2N.BrH/c1-16-21(7-5-9-24(16)26)23(22-8-6-10-25(27)17(22)2)15-18-13-19-11-12-20(14-18)28(19,3)4;/h5-10,15,18-20H,11-14H2,1-4H3;1H/q+1;/p-1/t18-,19+,20-;. The summed E-state index contributed by atoms with van der Waals surface area (Å²) in [7, 11) is 4.72. The molecule has 2 aromatic rings. The van der Waals surface area contributed by atoms with Crippen LogP contribution in [0.2, 0.25) is 0 Å². The van der Waals surface area contributed by atoms with E-state index in [-0.39, 0.29) is 28.6 Å². The third kappa shape index (κ3) is 3.94. The molecule has 29 heavy (non-hydrogen) atoms. The van der Waals surface area contributed by atoms with E-state index in [2.05, 4.69) is 20.2 Å². The van der Waals surface area contributed by atoms with E-state index in [9.17, 15) is 8.78 Å². The fourth-order valence-electron chi connectivity index (χ4n) is 5.42. The Labute approximate surface area is 183 Å². The fraction of sp³-hybridized carbons (Fsp3) is 0.440. The molecule has 0 N–H and O–H groups in total. The summed E-state index contributed by atoms with van der Waals surface area (Å²) in [6.45, 7) is 3.63. The Morgan fingerprint density at radius 2 is 1.31 bits per heavy atom. The minimum atomic E-state index is -0.209. The third-order valence-electron chi connectivity index (χ3n) is 7.38. The van der Waals surface area contributed by atoms with Crippen LogP contribution in [-0.2, 0) is 0 Å². The van der Waals surface area contributed by atoms with Crippen LogP contribution >= 0.6 is 0 Å². The largest absolute Gasteiger partial charge is 1.00 e. The second-order valence-electron chi connectivity index (χ2n) is 9.15. The highest BCUT2D eigenvalue weighted by molar-refractivity contribution is 5.83. The number of hydrogen-bond acceptors (Lipinski definition) is 0. The predicted molar refractivity (Wildman–Crippen MR) is 111 cm³/mol. The summed E-state index contributed by atoms with van der Waals surface area (Å²) in [6, 6.07) is 11.8. The summed E-state index contributed by atoms with van der Waals surface area (Å²) in [5, 5.41) is 0. The number of benzene rings is 2. The highest BCUT2D eigenvalue weighted by Gasteiger charge is 2.48. The predicted octanol–water partition coefficient (Wildman–Crippen LogP) is 3.03. The monoisotopic (exact) mass is 461 g/mol. The Hall–Kier alpha value is -1.52. The number of nitrogens with zero attached hydrogens (tertiary/aromatic N) is 1. The van der Waals surface area contributed by atoms with E-state index >= 15 is 0 Å². The Morgan fingerprint density at radius 3 is 1.76 bits per heavy atom. The maximum absolute atomic E-state index is 14.3. The van der Waals surface area contributed by atoms with Crippen molar-refractivity contribution in [1.29, 1.82) is 0 Å². The van der Waals surface area contributed by atoms with Crippen molar-refractivity contribution in [2.45, 2.75) is 51.6 Å². The van der Waals surface area contributed by atoms with Crippen molar-refractivity contribution in [1.82, 2.24) is 0 Å². The lowest BCUT2D eigenvalue weighted by Gasteiger charge is -2.44. The number of quaternary nitrogens is 1. The first-order valence-corrected chi connectivity index (χ1v) is 10.3. The summed E-state index contributed by atoms with van der Waals surface area (Å²) < 4.78 is 29.8. The van der Waals surface area contributed by atoms with E-state index in [0.29, 0.717) is 29.1 Å². The molecule has 0 aliphatic carbocycles. The molecular formula is C25H30BrF2N. The van der Waals surface area contributed by atoms with Gasteiger partial charge in [0, 0.05) is 25.7 Å². The smallest absolute Gasteiger partial charge is 0.126 e. The first-order chi connectivity index (χ1) is 13.3. The van der Waals surface area contributed by atoms with Crippen molar-refractivity contribution >= 4 is 5.57 Å². The van der Waals surface area contributed by atoms with Crippen molar-refractivity contribution < 1.29 is 30.2 Å². The molecular weight excluding hydrogens is 432 g/mol. The van der Waals surface area contributed by atoms with E-state index in [4.69, 9.17) is 0 Å². The molecule has 2 heterocycles. The second-order valence-corrected chi connectivity index (χ2v) is 9.15. The molecule has 2 fully saturated rings. The van der Waals surface area contributed by atoms with E-state index in [1.54, 1.807) is 12.1 Å². The molecule has 0 spiro atoms. The van der Waals surface area contributed by atoms with Crippen LogP contribution in [0.3, 0.4) is 0 Å². The number of rotatable bonds is 3. The lowest BCUT2D eigenvalue weighted by molar-refractivity contribution is -0.931. The summed E-state index contributed by atoms with van der Waals surface area (Å²) in [5.41, 5.74) is 3.99. The molecule has 2 saturated heterocycles. The van der Waals surface area contributed by atoms with Crippen molar-refractivity contribution in [3.63, 3.8) is 0 Å². The molecule has 0 unspecified atom stereocenters. The fourth-order valence-corrected chi connectivity index (χ4v) is 5.42. The SMILES string of the molecule is Cc1c(F)cccc1C(=C[C@H]1C[C@H]2CC[C@@H](C1)[N+]2(C)C)c1cccc(F)c1C.[Br-]. The van der Waals surface area contributed by atoms with Gasteiger partial charge in [0.2, 0.25) is 0 Å². The van der Waals surface area contributed by atoms with Gasteiger partial charge in [0.1, 0.15) is 11.6 Å². The molecule has 4 heteroatoms. The summed E-state index contributed by atoms with van der Waals surface area (Å²) >= 11 is 0. The second kappa shape index (κ2) is 8.31. The van der Waals surface area contributed by atoms with E-state index in [1.165, 1.54) is 25.0 Å². The molecule has 156 valence electrons. The minimum absolute atomic E-state index is 0. The van der Waals surface area contributed by atoms with Crippen LogP contribution < -0.4 is 17.0 Å². The lowest BCUT2D eigenvalue weighted by atomic mass is 9.83. The van der Waals surface area contributed by atoms with Gasteiger partial charge in [-0.25, -0.2) is 8.78 Å². The van der Waals surface area contributed by atoms with Gasteiger partial charge in [0.05, 0.1) is 26.2 Å². The summed E-state index contributed by atoms with van der Waals surface area (Å²) in [4.78, 5) is 0. The van der Waals surface area contributed by atoms with Crippen LogP contribution in [0.5, 0.6) is 0 Å². The molecule has 3 atom stereocenters. The zero-order chi connectivity index (χ0) is 20.1. The number of piperidine rings is 1. The van der Waals surface area contributed by atoms with Crippen molar-refractivity contribution in [3.8, 4) is 0 Å². The maximum Gasteiger partial charge on any atom is 0.126 e. The molecule has 0 radical (unpaired) electrons. The normalized spacial score (nSPS) is 24.7. The van der Waals surface area contributed by atoms with Gasteiger partial charge in [-0.1, -0.05) is 30.3 Å².